The maximum atomic E-state index is 12.1. The Balaban J connectivity index is 1.78. The molecular weight excluding hydrogens is 310 g/mol. The number of benzene rings is 1. The van der Waals surface area contributed by atoms with Crippen LogP contribution in [-0.2, 0) is 0 Å². The summed E-state index contributed by atoms with van der Waals surface area (Å²) in [6.45, 7) is 0. The second-order valence-corrected chi connectivity index (χ2v) is 4.63. The third kappa shape index (κ3) is 3.61. The first-order chi connectivity index (χ1) is 11.8. The molecule has 0 amide bonds. The van der Waals surface area contributed by atoms with E-state index in [-0.39, 0.29) is 0 Å². The van der Waals surface area contributed by atoms with Crippen molar-refractivity contribution in [1.29, 1.82) is 0 Å². The highest BCUT2D eigenvalue weighted by Gasteiger charge is 2.12. The van der Waals surface area contributed by atoms with Gasteiger partial charge in [0.2, 0.25) is 0 Å². The standard InChI is InChI=1S/C16H13N5O3/c1-23-15-7-12(8-20-21-10-18-19-11-21)4-5-14(15)24-16(22)13-3-2-6-17-9-13/h2-11H,1H3/b20-8+. The number of carbonyl (C=O) groups is 1. The average Bonchev–Trinajstić information content (AvgIpc) is 3.15. The molecule has 8 nitrogen and oxygen atoms in total. The number of pyridine rings is 1. The Labute approximate surface area is 137 Å². The van der Waals surface area contributed by atoms with E-state index in [0.717, 1.165) is 5.56 Å². The molecule has 8 heteroatoms. The number of aromatic nitrogens is 4. The van der Waals surface area contributed by atoms with Gasteiger partial charge in [0, 0.05) is 12.4 Å². The Morgan fingerprint density at radius 3 is 2.75 bits per heavy atom. The van der Waals surface area contributed by atoms with Gasteiger partial charge < -0.3 is 9.47 Å². The van der Waals surface area contributed by atoms with Crippen molar-refractivity contribution in [1.82, 2.24) is 19.9 Å². The number of carbonyl (C=O) groups excluding carboxylic acids is 1. The number of hydrogen-bond acceptors (Lipinski definition) is 7. The van der Waals surface area contributed by atoms with Crippen LogP contribution in [0.5, 0.6) is 11.5 Å². The molecular formula is C16H13N5O3. The molecule has 24 heavy (non-hydrogen) atoms. The smallest absolute Gasteiger partial charge is 0.345 e. The number of esters is 1. The molecule has 0 fully saturated rings. The van der Waals surface area contributed by atoms with Gasteiger partial charge in [-0.25, -0.2) is 9.47 Å². The Bertz CT molecular complexity index is 847. The predicted molar refractivity (Wildman–Crippen MR) is 85.2 cm³/mol. The van der Waals surface area contributed by atoms with Crippen molar-refractivity contribution in [2.45, 2.75) is 0 Å². The molecule has 3 aromatic rings. The van der Waals surface area contributed by atoms with E-state index in [0.29, 0.717) is 17.1 Å². The summed E-state index contributed by atoms with van der Waals surface area (Å²) in [5.74, 6) is 0.222. The third-order valence-electron chi connectivity index (χ3n) is 3.03. The lowest BCUT2D eigenvalue weighted by atomic mass is 10.2. The van der Waals surface area contributed by atoms with Crippen LogP contribution >= 0.6 is 0 Å². The Morgan fingerprint density at radius 2 is 2.04 bits per heavy atom. The Hall–Kier alpha value is -3.55. The quantitative estimate of drug-likeness (QED) is 0.404. The van der Waals surface area contributed by atoms with Crippen LogP contribution in [0.3, 0.4) is 0 Å². The summed E-state index contributed by atoms with van der Waals surface area (Å²) in [7, 11) is 1.50. The minimum atomic E-state index is -0.507. The molecule has 120 valence electrons. The minimum Gasteiger partial charge on any atom is -0.493 e. The molecule has 0 radical (unpaired) electrons. The summed E-state index contributed by atoms with van der Waals surface area (Å²) in [6.07, 6.45) is 7.57. The fourth-order valence-corrected chi connectivity index (χ4v) is 1.88. The first kappa shape index (κ1) is 15.3. The van der Waals surface area contributed by atoms with Gasteiger partial charge in [-0.15, -0.1) is 10.2 Å². The Morgan fingerprint density at radius 1 is 1.21 bits per heavy atom. The number of hydrogen-bond donors (Lipinski definition) is 0. The van der Waals surface area contributed by atoms with Crippen LogP contribution in [0.25, 0.3) is 0 Å². The average molecular weight is 323 g/mol. The van der Waals surface area contributed by atoms with E-state index < -0.39 is 5.97 Å². The summed E-state index contributed by atoms with van der Waals surface area (Å²) >= 11 is 0. The van der Waals surface area contributed by atoms with E-state index in [9.17, 15) is 4.79 Å². The number of methoxy groups -OCH3 is 1. The van der Waals surface area contributed by atoms with E-state index in [2.05, 4.69) is 20.3 Å². The first-order valence-electron chi connectivity index (χ1n) is 6.95. The van der Waals surface area contributed by atoms with Crippen LogP contribution in [-0.4, -0.2) is 39.2 Å². The van der Waals surface area contributed by atoms with Crippen molar-refractivity contribution >= 4 is 12.2 Å². The van der Waals surface area contributed by atoms with Gasteiger partial charge in [-0.1, -0.05) is 0 Å². The molecule has 0 aliphatic heterocycles. The van der Waals surface area contributed by atoms with E-state index in [1.54, 1.807) is 42.7 Å². The van der Waals surface area contributed by atoms with Gasteiger partial charge in [0.05, 0.1) is 18.9 Å². The molecule has 0 unspecified atom stereocenters. The summed E-state index contributed by atoms with van der Waals surface area (Å²) < 4.78 is 12.1. The molecule has 0 bridgehead atoms. The lowest BCUT2D eigenvalue weighted by molar-refractivity contribution is 0.0729. The summed E-state index contributed by atoms with van der Waals surface area (Å²) in [4.78, 5) is 16.0. The van der Waals surface area contributed by atoms with Crippen LogP contribution in [0.2, 0.25) is 0 Å². The molecule has 3 rings (SSSR count). The van der Waals surface area contributed by atoms with Crippen molar-refractivity contribution in [2.24, 2.45) is 5.10 Å². The van der Waals surface area contributed by atoms with Gasteiger partial charge in [-0.2, -0.15) is 5.10 Å². The van der Waals surface area contributed by atoms with Crippen molar-refractivity contribution in [2.75, 3.05) is 7.11 Å². The second kappa shape index (κ2) is 7.14. The highest BCUT2D eigenvalue weighted by Crippen LogP contribution is 2.28. The summed E-state index contributed by atoms with van der Waals surface area (Å²) in [5.41, 5.74) is 1.12. The Kier molecular flexibility index (Phi) is 4.57. The van der Waals surface area contributed by atoms with Crippen molar-refractivity contribution < 1.29 is 14.3 Å². The van der Waals surface area contributed by atoms with E-state index in [1.165, 1.54) is 30.6 Å². The lowest BCUT2D eigenvalue weighted by Crippen LogP contribution is -2.09. The van der Waals surface area contributed by atoms with Gasteiger partial charge >= 0.3 is 5.97 Å². The number of ether oxygens (including phenoxy) is 2. The molecule has 0 N–H and O–H groups in total. The zero-order valence-electron chi connectivity index (χ0n) is 12.7. The molecule has 0 spiro atoms. The predicted octanol–water partition coefficient (Wildman–Crippen LogP) is 1.78. The molecule has 1 aromatic carbocycles. The van der Waals surface area contributed by atoms with Crippen molar-refractivity contribution in [3.05, 3.63) is 66.5 Å². The van der Waals surface area contributed by atoms with E-state index >= 15 is 0 Å². The van der Waals surface area contributed by atoms with E-state index in [1.807, 2.05) is 0 Å². The van der Waals surface area contributed by atoms with Gasteiger partial charge in [-0.05, 0) is 35.9 Å². The molecule has 0 aliphatic rings. The fourth-order valence-electron chi connectivity index (χ4n) is 1.88. The van der Waals surface area contributed by atoms with Crippen LogP contribution in [0.15, 0.2) is 60.5 Å². The first-order valence-corrected chi connectivity index (χ1v) is 6.95. The van der Waals surface area contributed by atoms with Crippen molar-refractivity contribution in [3.63, 3.8) is 0 Å². The highest BCUT2D eigenvalue weighted by molar-refractivity contribution is 5.91. The number of nitrogens with zero attached hydrogens (tertiary/aromatic N) is 5. The van der Waals surface area contributed by atoms with Crippen LogP contribution < -0.4 is 9.47 Å². The second-order valence-electron chi connectivity index (χ2n) is 4.63. The van der Waals surface area contributed by atoms with Gasteiger partial charge in [0.25, 0.3) is 0 Å². The molecule has 0 saturated carbocycles. The van der Waals surface area contributed by atoms with Crippen molar-refractivity contribution in [3.8, 4) is 11.5 Å². The summed E-state index contributed by atoms with van der Waals surface area (Å²) in [6, 6.07) is 8.39. The zero-order valence-corrected chi connectivity index (χ0v) is 12.7. The SMILES string of the molecule is COc1cc(/C=N/n2cnnc2)ccc1OC(=O)c1cccnc1. The molecule has 0 aliphatic carbocycles. The molecule has 2 heterocycles. The normalized spacial score (nSPS) is 10.7. The van der Waals surface area contributed by atoms with Crippen LogP contribution in [0, 0.1) is 0 Å². The summed E-state index contributed by atoms with van der Waals surface area (Å²) in [5, 5.41) is 11.5. The van der Waals surface area contributed by atoms with E-state index in [4.69, 9.17) is 9.47 Å². The van der Waals surface area contributed by atoms with Gasteiger partial charge in [0.1, 0.15) is 12.7 Å². The lowest BCUT2D eigenvalue weighted by Gasteiger charge is -2.09. The number of rotatable bonds is 5. The maximum Gasteiger partial charge on any atom is 0.345 e. The molecule has 0 atom stereocenters. The monoisotopic (exact) mass is 323 g/mol. The fraction of sp³-hybridized carbons (Fsp3) is 0.0625. The molecule has 0 saturated heterocycles. The molecule has 2 aromatic heterocycles. The topological polar surface area (TPSA) is 91.5 Å². The largest absolute Gasteiger partial charge is 0.493 e. The van der Waals surface area contributed by atoms with Crippen LogP contribution in [0.4, 0.5) is 0 Å². The van der Waals surface area contributed by atoms with Gasteiger partial charge in [-0.3, -0.25) is 4.98 Å². The van der Waals surface area contributed by atoms with Gasteiger partial charge in [0.15, 0.2) is 11.5 Å². The zero-order chi connectivity index (χ0) is 16.8. The minimum absolute atomic E-state index is 0.313. The maximum absolute atomic E-state index is 12.1. The highest BCUT2D eigenvalue weighted by atomic mass is 16.6. The third-order valence-corrected chi connectivity index (χ3v) is 3.03. The van der Waals surface area contributed by atoms with Crippen LogP contribution in [0.1, 0.15) is 15.9 Å².